The van der Waals surface area contributed by atoms with Crippen molar-refractivity contribution >= 4 is 11.9 Å². The van der Waals surface area contributed by atoms with Crippen molar-refractivity contribution in [1.29, 1.82) is 0 Å². The van der Waals surface area contributed by atoms with Crippen molar-refractivity contribution in [2.45, 2.75) is 64.2 Å². The Morgan fingerprint density at radius 1 is 1.15 bits per heavy atom. The summed E-state index contributed by atoms with van der Waals surface area (Å²) in [6.45, 7) is 8.28. The second-order valence-electron chi connectivity index (χ2n) is 12.0. The van der Waals surface area contributed by atoms with Crippen molar-refractivity contribution < 1.29 is 19.1 Å². The Morgan fingerprint density at radius 3 is 2.48 bits per heavy atom. The van der Waals surface area contributed by atoms with Crippen molar-refractivity contribution in [2.24, 2.45) is 23.2 Å². The number of fused-ring (bicyclic) bond motifs is 1. The molecule has 2 aliphatic carbocycles. The van der Waals surface area contributed by atoms with Crippen LogP contribution in [-0.2, 0) is 14.3 Å². The maximum Gasteiger partial charge on any atom is 0.324 e. The molecular formula is C25H44N4O4. The van der Waals surface area contributed by atoms with E-state index in [0.717, 1.165) is 51.6 Å². The molecular weight excluding hydrogens is 420 g/mol. The van der Waals surface area contributed by atoms with Crippen LogP contribution in [-0.4, -0.2) is 99.0 Å². The summed E-state index contributed by atoms with van der Waals surface area (Å²) in [5.74, 6) is 0.196. The third-order valence-corrected chi connectivity index (χ3v) is 7.87. The summed E-state index contributed by atoms with van der Waals surface area (Å²) in [5, 5.41) is 3.07. The second kappa shape index (κ2) is 9.80. The van der Waals surface area contributed by atoms with E-state index in [4.69, 9.17) is 9.47 Å². The zero-order chi connectivity index (χ0) is 23.8. The first-order valence-corrected chi connectivity index (χ1v) is 12.8. The van der Waals surface area contributed by atoms with Gasteiger partial charge in [-0.1, -0.05) is 13.8 Å². The predicted molar refractivity (Wildman–Crippen MR) is 127 cm³/mol. The van der Waals surface area contributed by atoms with E-state index in [0.29, 0.717) is 44.2 Å². The molecule has 0 bridgehead atoms. The van der Waals surface area contributed by atoms with E-state index >= 15 is 0 Å². The van der Waals surface area contributed by atoms with Gasteiger partial charge in [-0.25, -0.2) is 4.79 Å². The van der Waals surface area contributed by atoms with Gasteiger partial charge < -0.3 is 24.6 Å². The zero-order valence-electron chi connectivity index (χ0n) is 21.3. The molecule has 0 radical (unpaired) electrons. The maximum absolute atomic E-state index is 13.7. The van der Waals surface area contributed by atoms with Crippen LogP contribution in [0, 0.1) is 23.2 Å². The molecule has 0 aromatic carbocycles. The minimum atomic E-state index is -0.448. The summed E-state index contributed by atoms with van der Waals surface area (Å²) in [6.07, 6.45) is 5.83. The fraction of sp³-hybridized carbons (Fsp3) is 0.920. The molecule has 33 heavy (non-hydrogen) atoms. The molecule has 0 unspecified atom stereocenters. The molecule has 4 aliphatic rings. The Bertz CT molecular complexity index is 717. The van der Waals surface area contributed by atoms with E-state index in [1.807, 2.05) is 14.1 Å². The fourth-order valence-corrected chi connectivity index (χ4v) is 6.30. The van der Waals surface area contributed by atoms with E-state index in [-0.39, 0.29) is 23.3 Å². The van der Waals surface area contributed by atoms with Crippen molar-refractivity contribution in [3.8, 4) is 0 Å². The lowest BCUT2D eigenvalue weighted by Crippen LogP contribution is -2.57. The summed E-state index contributed by atoms with van der Waals surface area (Å²) >= 11 is 0. The maximum atomic E-state index is 13.7. The number of likely N-dealkylation sites (tertiary alicyclic amines) is 1. The van der Waals surface area contributed by atoms with Crippen molar-refractivity contribution in [1.82, 2.24) is 20.0 Å². The zero-order valence-corrected chi connectivity index (χ0v) is 21.3. The summed E-state index contributed by atoms with van der Waals surface area (Å²) in [7, 11) is 6.20. The molecule has 4 fully saturated rings. The molecule has 4 rings (SSSR count). The van der Waals surface area contributed by atoms with E-state index in [2.05, 4.69) is 36.0 Å². The molecule has 8 nitrogen and oxygen atoms in total. The highest BCUT2D eigenvalue weighted by molar-refractivity contribution is 5.95. The number of hydrogen-bond acceptors (Lipinski definition) is 6. The number of amides is 3. The molecule has 188 valence electrons. The van der Waals surface area contributed by atoms with Gasteiger partial charge in [-0.05, 0) is 64.1 Å². The monoisotopic (exact) mass is 464 g/mol. The van der Waals surface area contributed by atoms with Crippen LogP contribution in [0.15, 0.2) is 0 Å². The molecule has 2 aliphatic heterocycles. The van der Waals surface area contributed by atoms with Crippen LogP contribution in [0.25, 0.3) is 0 Å². The minimum Gasteiger partial charge on any atom is -0.348 e. The number of rotatable bonds is 7. The van der Waals surface area contributed by atoms with Crippen LogP contribution in [0.5, 0.6) is 0 Å². The Morgan fingerprint density at radius 2 is 1.85 bits per heavy atom. The highest BCUT2D eigenvalue weighted by Gasteiger charge is 2.50. The number of ether oxygens (including phenoxy) is 2. The molecule has 8 heteroatoms. The molecule has 2 saturated carbocycles. The first-order chi connectivity index (χ1) is 15.6. The highest BCUT2D eigenvalue weighted by Crippen LogP contribution is 2.45. The molecule has 2 heterocycles. The Kier molecular flexibility index (Phi) is 7.39. The van der Waals surface area contributed by atoms with Crippen LogP contribution >= 0.6 is 0 Å². The number of imide groups is 1. The van der Waals surface area contributed by atoms with Gasteiger partial charge in [0.1, 0.15) is 0 Å². The predicted octanol–water partition coefficient (Wildman–Crippen LogP) is 2.39. The summed E-state index contributed by atoms with van der Waals surface area (Å²) < 4.78 is 12.0. The number of urea groups is 1. The molecule has 1 N–H and O–H groups in total. The van der Waals surface area contributed by atoms with Gasteiger partial charge in [-0.15, -0.1) is 0 Å². The number of carbonyl (C=O) groups is 2. The molecule has 3 atom stereocenters. The summed E-state index contributed by atoms with van der Waals surface area (Å²) in [4.78, 5) is 32.9. The van der Waals surface area contributed by atoms with Crippen LogP contribution in [0.1, 0.15) is 52.4 Å². The van der Waals surface area contributed by atoms with Crippen molar-refractivity contribution in [3.63, 3.8) is 0 Å². The number of carbonyl (C=O) groups excluding carboxylic acids is 2. The lowest BCUT2D eigenvalue weighted by atomic mass is 9.72. The summed E-state index contributed by atoms with van der Waals surface area (Å²) in [5.41, 5.74) is -0.0660. The van der Waals surface area contributed by atoms with Crippen LogP contribution in [0.3, 0.4) is 0 Å². The first-order valence-electron chi connectivity index (χ1n) is 12.8. The average molecular weight is 465 g/mol. The van der Waals surface area contributed by atoms with Gasteiger partial charge >= 0.3 is 6.03 Å². The molecule has 0 aromatic heterocycles. The second-order valence-corrected chi connectivity index (χ2v) is 12.0. The Labute approximate surface area is 199 Å². The van der Waals surface area contributed by atoms with Gasteiger partial charge in [0, 0.05) is 45.1 Å². The minimum absolute atomic E-state index is 0.0111. The van der Waals surface area contributed by atoms with Crippen molar-refractivity contribution in [3.05, 3.63) is 0 Å². The van der Waals surface area contributed by atoms with Gasteiger partial charge in [0.05, 0.1) is 19.1 Å². The van der Waals surface area contributed by atoms with E-state index in [1.165, 1.54) is 4.90 Å². The quantitative estimate of drug-likeness (QED) is 0.624. The molecule has 3 amide bonds. The fourth-order valence-electron chi connectivity index (χ4n) is 6.30. The van der Waals surface area contributed by atoms with Crippen LogP contribution in [0.4, 0.5) is 4.79 Å². The average Bonchev–Trinajstić information content (AvgIpc) is 3.46. The number of hydrogen-bond donors (Lipinski definition) is 1. The number of nitrogens with zero attached hydrogens (tertiary/aromatic N) is 3. The van der Waals surface area contributed by atoms with Gasteiger partial charge in [0.25, 0.3) is 0 Å². The summed E-state index contributed by atoms with van der Waals surface area (Å²) in [6, 6.07) is 0.232. The Hall–Kier alpha value is -1.22. The standard InChI is InChI=1S/C25H44N4O4/c1-24(2,17-27(3)4)16-26-23(31)29(14-18-6-7-18)22(30)20-12-19-13-25(32-10-11-33-25)9-8-21(19)28(5)15-20/h18-21H,6-17H2,1-5H3,(H,26,31)/t19-,20-,21-/m1/s1. The van der Waals surface area contributed by atoms with Crippen LogP contribution < -0.4 is 5.32 Å². The third kappa shape index (κ3) is 6.08. The topological polar surface area (TPSA) is 74.4 Å². The lowest BCUT2D eigenvalue weighted by Gasteiger charge is -2.49. The number of nitrogens with one attached hydrogen (secondary N) is 1. The highest BCUT2D eigenvalue weighted by atomic mass is 16.7. The lowest BCUT2D eigenvalue weighted by molar-refractivity contribution is -0.202. The van der Waals surface area contributed by atoms with Gasteiger partial charge in [-0.3, -0.25) is 9.69 Å². The SMILES string of the molecule is CN(C)CC(C)(C)CNC(=O)N(CC1CC1)C(=O)[C@@H]1C[C@@H]2CC3(CC[C@H]2N(C)C1)OCCO3. The van der Waals surface area contributed by atoms with Gasteiger partial charge in [0.2, 0.25) is 5.91 Å². The number of piperidine rings is 1. The molecule has 1 spiro atoms. The van der Waals surface area contributed by atoms with Gasteiger partial charge in [-0.2, -0.15) is 0 Å². The van der Waals surface area contributed by atoms with E-state index in [1.54, 1.807) is 0 Å². The van der Waals surface area contributed by atoms with E-state index in [9.17, 15) is 9.59 Å². The first kappa shape index (κ1) is 24.9. The molecule has 0 aromatic rings. The molecule has 2 saturated heterocycles. The smallest absolute Gasteiger partial charge is 0.324 e. The largest absolute Gasteiger partial charge is 0.348 e. The van der Waals surface area contributed by atoms with Crippen LogP contribution in [0.2, 0.25) is 0 Å². The third-order valence-electron chi connectivity index (χ3n) is 7.87. The van der Waals surface area contributed by atoms with Crippen molar-refractivity contribution in [2.75, 3.05) is 60.5 Å². The van der Waals surface area contributed by atoms with Gasteiger partial charge in [0.15, 0.2) is 5.79 Å². The Balaban J connectivity index is 1.41. The normalized spacial score (nSPS) is 29.8. The van der Waals surface area contributed by atoms with E-state index < -0.39 is 5.79 Å².